The normalized spacial score (nSPS) is 12.2. The van der Waals surface area contributed by atoms with E-state index in [1.54, 1.807) is 23.1 Å². The summed E-state index contributed by atoms with van der Waals surface area (Å²) in [6, 6.07) is 8.89. The van der Waals surface area contributed by atoms with E-state index in [4.69, 9.17) is 35.4 Å². The highest BCUT2D eigenvalue weighted by atomic mass is 35.5. The summed E-state index contributed by atoms with van der Waals surface area (Å²) in [4.78, 5) is 5.47. The van der Waals surface area contributed by atoms with E-state index in [1.165, 1.54) is 18.2 Å². The summed E-state index contributed by atoms with van der Waals surface area (Å²) in [5.41, 5.74) is 1.33. The topological polar surface area (TPSA) is 9.72 Å². The lowest BCUT2D eigenvalue weighted by atomic mass is 10.1. The molecule has 26 heavy (non-hydrogen) atoms. The second-order valence-electron chi connectivity index (χ2n) is 6.16. The molecule has 0 aliphatic rings. The molecule has 3 nitrogen and oxygen atoms in total. The molecule has 0 radical (unpaired) electrons. The number of nitrogens with zero attached hydrogens (tertiary/aromatic N) is 3. The van der Waals surface area contributed by atoms with Crippen LogP contribution in [0.4, 0.5) is 14.5 Å². The molecular formula is C18H19Cl2F2N3S. The number of benzene rings is 2. The van der Waals surface area contributed by atoms with Gasteiger partial charge in [-0.15, -0.1) is 0 Å². The van der Waals surface area contributed by atoms with Gasteiger partial charge in [-0.05, 0) is 62.2 Å². The minimum absolute atomic E-state index is 0.0105. The van der Waals surface area contributed by atoms with Gasteiger partial charge < -0.3 is 4.90 Å². The summed E-state index contributed by atoms with van der Waals surface area (Å²) < 4.78 is 27.3. The minimum Gasteiger partial charge on any atom is -0.355 e. The van der Waals surface area contributed by atoms with Crippen molar-refractivity contribution in [2.75, 3.05) is 33.1 Å². The first-order chi connectivity index (χ1) is 12.1. The molecule has 0 fully saturated rings. The van der Waals surface area contributed by atoms with E-state index in [9.17, 15) is 8.78 Å². The first kappa shape index (κ1) is 20.8. The van der Waals surface area contributed by atoms with Crippen LogP contribution in [0.3, 0.4) is 0 Å². The number of thiocarbonyl (C=S) groups is 1. The molecule has 0 aromatic heterocycles. The van der Waals surface area contributed by atoms with Crippen LogP contribution in [-0.2, 0) is 0 Å². The fraction of sp³-hybridized carbons (Fsp3) is 0.278. The van der Waals surface area contributed by atoms with Crippen molar-refractivity contribution >= 4 is 46.2 Å². The smallest absolute Gasteiger partial charge is 0.177 e. The van der Waals surface area contributed by atoms with Gasteiger partial charge in [-0.2, -0.15) is 0 Å². The van der Waals surface area contributed by atoms with Gasteiger partial charge in [0.1, 0.15) is 17.8 Å². The van der Waals surface area contributed by atoms with Gasteiger partial charge in [-0.25, -0.2) is 8.78 Å². The van der Waals surface area contributed by atoms with Gasteiger partial charge in [-0.3, -0.25) is 9.80 Å². The Bertz CT molecular complexity index is 815. The third kappa shape index (κ3) is 4.43. The number of anilines is 1. The summed E-state index contributed by atoms with van der Waals surface area (Å²) in [5.74, 6) is -1.02. The van der Waals surface area contributed by atoms with Crippen LogP contribution >= 0.6 is 35.4 Å². The van der Waals surface area contributed by atoms with Gasteiger partial charge in [0.05, 0.1) is 10.0 Å². The van der Waals surface area contributed by atoms with Crippen LogP contribution in [0.2, 0.25) is 10.0 Å². The van der Waals surface area contributed by atoms with Gasteiger partial charge in [-0.1, -0.05) is 29.3 Å². The Balaban J connectivity index is 2.64. The molecular weight excluding hydrogens is 399 g/mol. The molecule has 1 unspecified atom stereocenters. The lowest BCUT2D eigenvalue weighted by molar-refractivity contribution is 0.303. The van der Waals surface area contributed by atoms with Gasteiger partial charge >= 0.3 is 0 Å². The van der Waals surface area contributed by atoms with Crippen molar-refractivity contribution in [1.29, 1.82) is 0 Å². The zero-order valence-electron chi connectivity index (χ0n) is 14.8. The first-order valence-corrected chi connectivity index (χ1v) is 8.87. The Hall–Kier alpha value is -1.47. The average Bonchev–Trinajstić information content (AvgIpc) is 2.57. The minimum atomic E-state index is -0.516. The van der Waals surface area contributed by atoms with Crippen molar-refractivity contribution in [1.82, 2.24) is 9.80 Å². The highest BCUT2D eigenvalue weighted by Crippen LogP contribution is 2.33. The molecule has 0 saturated heterocycles. The van der Waals surface area contributed by atoms with Crippen LogP contribution in [0.1, 0.15) is 11.7 Å². The predicted molar refractivity (Wildman–Crippen MR) is 108 cm³/mol. The lowest BCUT2D eigenvalue weighted by Gasteiger charge is -2.40. The molecule has 2 aromatic carbocycles. The van der Waals surface area contributed by atoms with Crippen LogP contribution in [0.15, 0.2) is 36.4 Å². The van der Waals surface area contributed by atoms with Gasteiger partial charge in [0.25, 0.3) is 0 Å². The Morgan fingerprint density at radius 1 is 0.923 bits per heavy atom. The second-order valence-corrected chi connectivity index (χ2v) is 7.34. The molecule has 0 saturated carbocycles. The van der Waals surface area contributed by atoms with Crippen molar-refractivity contribution in [3.63, 3.8) is 0 Å². The van der Waals surface area contributed by atoms with Gasteiger partial charge in [0, 0.05) is 19.8 Å². The Labute approximate surface area is 167 Å². The quantitative estimate of drug-likeness (QED) is 0.500. The largest absolute Gasteiger partial charge is 0.355 e. The predicted octanol–water partition coefficient (Wildman–Crippen LogP) is 5.18. The third-order valence-electron chi connectivity index (χ3n) is 3.75. The molecule has 2 rings (SSSR count). The van der Waals surface area contributed by atoms with E-state index in [-0.39, 0.29) is 10.0 Å². The zero-order valence-corrected chi connectivity index (χ0v) is 17.1. The van der Waals surface area contributed by atoms with E-state index >= 15 is 0 Å². The average molecular weight is 418 g/mol. The van der Waals surface area contributed by atoms with Gasteiger partial charge in [0.15, 0.2) is 5.11 Å². The molecule has 140 valence electrons. The van der Waals surface area contributed by atoms with Crippen LogP contribution in [0, 0.1) is 11.6 Å². The summed E-state index contributed by atoms with van der Waals surface area (Å²) in [6.07, 6.45) is -0.412. The highest BCUT2D eigenvalue weighted by molar-refractivity contribution is 7.80. The maximum absolute atomic E-state index is 13.6. The van der Waals surface area contributed by atoms with Crippen molar-refractivity contribution in [2.45, 2.75) is 6.17 Å². The molecule has 0 bridgehead atoms. The summed E-state index contributed by atoms with van der Waals surface area (Å²) in [6.45, 7) is 0. The molecule has 0 aliphatic carbocycles. The number of rotatable bonds is 4. The number of halogens is 4. The zero-order chi connectivity index (χ0) is 19.6. The number of hydrogen-bond donors (Lipinski definition) is 0. The van der Waals surface area contributed by atoms with E-state index in [2.05, 4.69) is 0 Å². The van der Waals surface area contributed by atoms with E-state index in [1.807, 2.05) is 38.0 Å². The van der Waals surface area contributed by atoms with Crippen molar-refractivity contribution in [3.8, 4) is 0 Å². The number of hydrogen-bond acceptors (Lipinski definition) is 2. The van der Waals surface area contributed by atoms with E-state index in [0.29, 0.717) is 10.8 Å². The first-order valence-electron chi connectivity index (χ1n) is 7.70. The molecule has 0 heterocycles. The molecule has 0 amide bonds. The molecule has 8 heteroatoms. The van der Waals surface area contributed by atoms with Crippen LogP contribution in [0.5, 0.6) is 0 Å². The lowest BCUT2D eigenvalue weighted by Crippen LogP contribution is -2.46. The highest BCUT2D eigenvalue weighted by Gasteiger charge is 2.28. The van der Waals surface area contributed by atoms with Crippen molar-refractivity contribution in [2.24, 2.45) is 0 Å². The fourth-order valence-corrected chi connectivity index (χ4v) is 3.13. The van der Waals surface area contributed by atoms with Crippen LogP contribution in [0.25, 0.3) is 0 Å². The van der Waals surface area contributed by atoms with Crippen molar-refractivity contribution < 1.29 is 8.78 Å². The SMILES string of the molecule is CN(C)C(=S)N(c1ccc(F)c(Cl)c1)C(c1ccc(F)c(Cl)c1)N(C)C. The second kappa shape index (κ2) is 8.48. The van der Waals surface area contributed by atoms with E-state index in [0.717, 1.165) is 5.56 Å². The monoisotopic (exact) mass is 417 g/mol. The molecule has 2 aromatic rings. The van der Waals surface area contributed by atoms with Crippen LogP contribution in [-0.4, -0.2) is 43.1 Å². The maximum atomic E-state index is 13.6. The standard InChI is InChI=1S/C18H19Cl2F2N3S/c1-23(2)17(11-5-7-15(21)13(19)9-11)25(18(26)24(3)4)12-6-8-16(22)14(20)10-12/h5-10,17H,1-4H3. The molecule has 1 atom stereocenters. The Kier molecular flexibility index (Phi) is 6.80. The van der Waals surface area contributed by atoms with Gasteiger partial charge in [0.2, 0.25) is 0 Å². The van der Waals surface area contributed by atoms with Crippen molar-refractivity contribution in [3.05, 3.63) is 63.6 Å². The molecule has 0 aliphatic heterocycles. The Morgan fingerprint density at radius 2 is 1.46 bits per heavy atom. The Morgan fingerprint density at radius 3 is 1.92 bits per heavy atom. The summed E-state index contributed by atoms with van der Waals surface area (Å²) in [7, 11) is 7.34. The maximum Gasteiger partial charge on any atom is 0.177 e. The third-order valence-corrected chi connectivity index (χ3v) is 4.89. The van der Waals surface area contributed by atoms with E-state index < -0.39 is 17.8 Å². The summed E-state index contributed by atoms with van der Waals surface area (Å²) in [5, 5.41) is 0.484. The van der Waals surface area contributed by atoms with Crippen LogP contribution < -0.4 is 4.90 Å². The molecule has 0 N–H and O–H groups in total. The summed E-state index contributed by atoms with van der Waals surface area (Å²) >= 11 is 17.5. The molecule has 0 spiro atoms. The fourth-order valence-electron chi connectivity index (χ4n) is 2.56.